The lowest BCUT2D eigenvalue weighted by molar-refractivity contribution is 0.101. The quantitative estimate of drug-likeness (QED) is 0.255. The van der Waals surface area contributed by atoms with Gasteiger partial charge in [-0.05, 0) is 36.4 Å². The van der Waals surface area contributed by atoms with Gasteiger partial charge in [0.2, 0.25) is 0 Å². The largest absolute Gasteiger partial charge is 0.341 e. The Morgan fingerprint density at radius 2 is 2.04 bits per heavy atom. The number of Topliss-reactive ketones (excluding diaryl/α,β-unsaturated/α-hetero) is 1. The number of hydrogen-bond acceptors (Lipinski definition) is 6. The molecule has 0 bridgehead atoms. The third-order valence-electron chi connectivity index (χ3n) is 2.87. The Kier molecular flexibility index (Phi) is 6.52. The summed E-state index contributed by atoms with van der Waals surface area (Å²) in [7, 11) is 0. The Bertz CT molecular complexity index is 692. The number of nitrogens with one attached hydrogen (secondary N) is 1. The van der Waals surface area contributed by atoms with Gasteiger partial charge in [0.05, 0.1) is 17.8 Å². The van der Waals surface area contributed by atoms with Crippen molar-refractivity contribution in [3.05, 3.63) is 52.8 Å². The lowest BCUT2D eigenvalue weighted by Crippen LogP contribution is -2.31. The molecule has 0 atom stereocenters. The molecule has 0 fully saturated rings. The number of thioether (sulfide) groups is 1. The van der Waals surface area contributed by atoms with Crippen molar-refractivity contribution in [3.8, 4) is 0 Å². The number of anilines is 2. The molecule has 2 rings (SSSR count). The molecule has 0 aliphatic rings. The van der Waals surface area contributed by atoms with Gasteiger partial charge >= 0.3 is 0 Å². The number of rotatable bonds is 5. The lowest BCUT2D eigenvalue weighted by Gasteiger charge is -2.18. The van der Waals surface area contributed by atoms with Crippen LogP contribution in [0.25, 0.3) is 0 Å². The molecule has 3 N–H and O–H groups in total. The summed E-state index contributed by atoms with van der Waals surface area (Å²) in [4.78, 5) is 15.3. The maximum absolute atomic E-state index is 11.2. The van der Waals surface area contributed by atoms with Gasteiger partial charge in [0, 0.05) is 17.1 Å². The van der Waals surface area contributed by atoms with Crippen LogP contribution in [0, 0.1) is 0 Å². The summed E-state index contributed by atoms with van der Waals surface area (Å²) in [5.74, 6) is 6.36. The third kappa shape index (κ3) is 5.58. The van der Waals surface area contributed by atoms with Crippen molar-refractivity contribution in [1.82, 2.24) is 4.98 Å². The van der Waals surface area contributed by atoms with Gasteiger partial charge in [-0.25, -0.2) is 5.84 Å². The van der Waals surface area contributed by atoms with Crippen LogP contribution in [0.15, 0.2) is 47.1 Å². The van der Waals surface area contributed by atoms with Gasteiger partial charge in [0.25, 0.3) is 0 Å². The van der Waals surface area contributed by atoms with Gasteiger partial charge < -0.3 is 5.32 Å². The van der Waals surface area contributed by atoms with Gasteiger partial charge in [-0.3, -0.25) is 14.8 Å². The summed E-state index contributed by atoms with van der Waals surface area (Å²) in [6.45, 7) is 1.48. The van der Waals surface area contributed by atoms with Gasteiger partial charge in [0.1, 0.15) is 10.0 Å². The van der Waals surface area contributed by atoms with E-state index in [-0.39, 0.29) is 5.78 Å². The Balaban J connectivity index is 1.85. The zero-order chi connectivity index (χ0) is 16.8. The summed E-state index contributed by atoms with van der Waals surface area (Å²) in [6.07, 6.45) is 1.57. The lowest BCUT2D eigenvalue weighted by atomic mass is 10.2. The summed E-state index contributed by atoms with van der Waals surface area (Å²) in [5, 5.41) is 4.66. The van der Waals surface area contributed by atoms with Gasteiger partial charge in [0.15, 0.2) is 5.78 Å². The molecular weight excluding hydrogens is 396 g/mol. The number of pyridine rings is 1. The van der Waals surface area contributed by atoms with E-state index in [2.05, 4.69) is 26.2 Å². The summed E-state index contributed by atoms with van der Waals surface area (Å²) in [5.41, 5.74) is 2.05. The average molecular weight is 411 g/mol. The standard InChI is InChI=1S/C15H15BrN4OS2/c1-10(21)14-7-6-13(8-18-14)20(17)9-23-15(22)19-12-4-2-11(16)3-5-12/h2-8H,9,17H2,1H3,(H,19,22). The summed E-state index contributed by atoms with van der Waals surface area (Å²) >= 11 is 10.1. The number of carbonyl (C=O) groups is 1. The van der Waals surface area contributed by atoms with E-state index in [1.807, 2.05) is 24.3 Å². The number of nitrogens with zero attached hydrogens (tertiary/aromatic N) is 2. The SMILES string of the molecule is CC(=O)c1ccc(N(N)CSC(=S)Nc2ccc(Br)cc2)cn1. The van der Waals surface area contributed by atoms with E-state index in [4.69, 9.17) is 18.1 Å². The number of hydrazine groups is 1. The minimum atomic E-state index is -0.0747. The molecule has 23 heavy (non-hydrogen) atoms. The third-order valence-corrected chi connectivity index (χ3v) is 4.62. The fourth-order valence-corrected chi connectivity index (χ4v) is 2.79. The molecule has 5 nitrogen and oxygen atoms in total. The minimum Gasteiger partial charge on any atom is -0.341 e. The molecule has 0 saturated heterocycles. The molecule has 0 spiro atoms. The molecular formula is C15H15BrN4OS2. The van der Waals surface area contributed by atoms with E-state index in [0.717, 1.165) is 10.2 Å². The second kappa shape index (κ2) is 8.39. The highest BCUT2D eigenvalue weighted by Gasteiger charge is 2.07. The minimum absolute atomic E-state index is 0.0747. The fourth-order valence-electron chi connectivity index (χ4n) is 1.65. The van der Waals surface area contributed by atoms with E-state index in [0.29, 0.717) is 21.6 Å². The van der Waals surface area contributed by atoms with Crippen LogP contribution >= 0.6 is 39.9 Å². The van der Waals surface area contributed by atoms with Crippen LogP contribution in [0.4, 0.5) is 11.4 Å². The topological polar surface area (TPSA) is 71.2 Å². The Hall–Kier alpha value is -1.48. The maximum Gasteiger partial charge on any atom is 0.178 e. The molecule has 0 radical (unpaired) electrons. The van der Waals surface area contributed by atoms with Crippen LogP contribution in [0.2, 0.25) is 0 Å². The molecule has 0 aliphatic heterocycles. The first kappa shape index (κ1) is 17.9. The van der Waals surface area contributed by atoms with Crippen molar-refractivity contribution in [2.75, 3.05) is 16.2 Å². The first-order valence-corrected chi connectivity index (χ1v) is 8.83. The van der Waals surface area contributed by atoms with Gasteiger partial charge in [-0.15, -0.1) is 0 Å². The molecule has 120 valence electrons. The molecule has 0 aliphatic carbocycles. The van der Waals surface area contributed by atoms with Crippen molar-refractivity contribution in [2.24, 2.45) is 5.84 Å². The molecule has 0 amide bonds. The molecule has 0 saturated carbocycles. The number of benzene rings is 1. The average Bonchev–Trinajstić information content (AvgIpc) is 2.55. The van der Waals surface area contributed by atoms with Gasteiger partial charge in [-0.1, -0.05) is 39.9 Å². The predicted molar refractivity (Wildman–Crippen MR) is 104 cm³/mol. The van der Waals surface area contributed by atoms with E-state index < -0.39 is 0 Å². The number of carbonyl (C=O) groups excluding carboxylic acids is 1. The van der Waals surface area contributed by atoms with Crippen LogP contribution in [-0.4, -0.2) is 21.0 Å². The fraction of sp³-hybridized carbons (Fsp3) is 0.133. The van der Waals surface area contributed by atoms with Gasteiger partial charge in [-0.2, -0.15) is 0 Å². The highest BCUT2D eigenvalue weighted by atomic mass is 79.9. The van der Waals surface area contributed by atoms with Crippen molar-refractivity contribution in [1.29, 1.82) is 0 Å². The number of aromatic nitrogens is 1. The van der Waals surface area contributed by atoms with E-state index >= 15 is 0 Å². The Morgan fingerprint density at radius 3 is 2.61 bits per heavy atom. The zero-order valence-corrected chi connectivity index (χ0v) is 15.5. The highest BCUT2D eigenvalue weighted by Crippen LogP contribution is 2.18. The highest BCUT2D eigenvalue weighted by molar-refractivity contribution is 9.10. The molecule has 8 heteroatoms. The van der Waals surface area contributed by atoms with E-state index in [1.54, 1.807) is 18.3 Å². The Labute approximate surface area is 152 Å². The van der Waals surface area contributed by atoms with Crippen molar-refractivity contribution in [3.63, 3.8) is 0 Å². The van der Waals surface area contributed by atoms with E-state index in [1.165, 1.54) is 23.7 Å². The number of nitrogens with two attached hydrogens (primary N) is 1. The molecule has 2 aromatic rings. The smallest absolute Gasteiger partial charge is 0.178 e. The van der Waals surface area contributed by atoms with Crippen molar-refractivity contribution >= 4 is 61.4 Å². The molecule has 1 aromatic carbocycles. The number of halogens is 1. The first-order valence-electron chi connectivity index (χ1n) is 6.64. The van der Waals surface area contributed by atoms with Crippen LogP contribution < -0.4 is 16.2 Å². The Morgan fingerprint density at radius 1 is 1.35 bits per heavy atom. The zero-order valence-electron chi connectivity index (χ0n) is 12.3. The molecule has 1 aromatic heterocycles. The van der Waals surface area contributed by atoms with E-state index in [9.17, 15) is 4.79 Å². The van der Waals surface area contributed by atoms with Crippen molar-refractivity contribution < 1.29 is 4.79 Å². The monoisotopic (exact) mass is 410 g/mol. The summed E-state index contributed by atoms with van der Waals surface area (Å²) in [6, 6.07) is 11.2. The number of ketones is 1. The maximum atomic E-state index is 11.2. The normalized spacial score (nSPS) is 10.2. The van der Waals surface area contributed by atoms with Crippen LogP contribution in [0.3, 0.4) is 0 Å². The van der Waals surface area contributed by atoms with Crippen LogP contribution in [-0.2, 0) is 0 Å². The number of hydrogen-bond donors (Lipinski definition) is 2. The molecule has 1 heterocycles. The van der Waals surface area contributed by atoms with Crippen LogP contribution in [0.1, 0.15) is 17.4 Å². The van der Waals surface area contributed by atoms with Crippen molar-refractivity contribution in [2.45, 2.75) is 6.92 Å². The summed E-state index contributed by atoms with van der Waals surface area (Å²) < 4.78 is 1.63. The second-order valence-electron chi connectivity index (χ2n) is 4.62. The molecule has 0 unspecified atom stereocenters. The number of thiocarbonyl (C=S) groups is 1. The second-order valence-corrected chi connectivity index (χ2v) is 7.16. The predicted octanol–water partition coefficient (Wildman–Crippen LogP) is 3.81. The van der Waals surface area contributed by atoms with Crippen LogP contribution in [0.5, 0.6) is 0 Å². The first-order chi connectivity index (χ1) is 11.0.